The molecule has 0 aliphatic heterocycles. The maximum absolute atomic E-state index is 12.8. The fourth-order valence-electron chi connectivity index (χ4n) is 5.10. The van der Waals surface area contributed by atoms with Crippen molar-refractivity contribution in [3.8, 4) is 0 Å². The van der Waals surface area contributed by atoms with Crippen LogP contribution < -0.4 is 0 Å². The summed E-state index contributed by atoms with van der Waals surface area (Å²) in [5.41, 5.74) is -1.29. The molecule has 0 amide bonds. The highest BCUT2D eigenvalue weighted by atomic mass is 32.2. The number of carboxylic acid groups (broad SMARTS) is 1. The fraction of sp³-hybridized carbons (Fsp3) is 0.667. The average molecular weight is 541 g/mol. The van der Waals surface area contributed by atoms with Gasteiger partial charge in [0, 0.05) is 0 Å². The van der Waals surface area contributed by atoms with E-state index in [9.17, 15) is 27.9 Å². The fourth-order valence-corrected chi connectivity index (χ4v) is 6.86. The van der Waals surface area contributed by atoms with Crippen LogP contribution in [0.15, 0.2) is 18.2 Å². The quantitative estimate of drug-likeness (QED) is 0.269. The number of ether oxygens (including phenoxy) is 2. The van der Waals surface area contributed by atoms with Crippen molar-refractivity contribution in [2.24, 2.45) is 10.8 Å². The molecular formula is C27H40O9S. The molecule has 9 nitrogen and oxygen atoms in total. The van der Waals surface area contributed by atoms with Gasteiger partial charge in [0.2, 0.25) is 0 Å². The maximum atomic E-state index is 12.8. The lowest BCUT2D eigenvalue weighted by Gasteiger charge is -2.29. The minimum atomic E-state index is -3.41. The summed E-state index contributed by atoms with van der Waals surface area (Å²) in [5, 5.41) is 19.2. The number of aliphatic hydroxyl groups is 1. The third-order valence-corrected chi connectivity index (χ3v) is 9.20. The van der Waals surface area contributed by atoms with Crippen molar-refractivity contribution in [2.45, 2.75) is 72.1 Å². The van der Waals surface area contributed by atoms with Crippen molar-refractivity contribution in [1.82, 2.24) is 0 Å². The largest absolute Gasteiger partial charge is 0.481 e. The van der Waals surface area contributed by atoms with Crippen molar-refractivity contribution in [2.75, 3.05) is 31.3 Å². The molecule has 2 N–H and O–H groups in total. The van der Waals surface area contributed by atoms with E-state index in [0.717, 1.165) is 5.56 Å². The van der Waals surface area contributed by atoms with Crippen LogP contribution >= 0.6 is 0 Å². The molecule has 0 fully saturated rings. The van der Waals surface area contributed by atoms with Crippen LogP contribution in [-0.4, -0.2) is 67.9 Å². The van der Waals surface area contributed by atoms with Gasteiger partial charge < -0.3 is 19.7 Å². The van der Waals surface area contributed by atoms with Gasteiger partial charge in [0.1, 0.15) is 0 Å². The molecule has 2 rings (SSSR count). The second kappa shape index (κ2) is 11.9. The van der Waals surface area contributed by atoms with E-state index in [1.807, 2.05) is 13.8 Å². The van der Waals surface area contributed by atoms with Gasteiger partial charge in [0.15, 0.2) is 15.3 Å². The van der Waals surface area contributed by atoms with Gasteiger partial charge in [-0.2, -0.15) is 0 Å². The molecule has 0 saturated heterocycles. The molecular weight excluding hydrogens is 500 g/mol. The summed E-state index contributed by atoms with van der Waals surface area (Å²) in [6.07, 6.45) is 1.42. The summed E-state index contributed by atoms with van der Waals surface area (Å²) in [4.78, 5) is 38.1. The van der Waals surface area contributed by atoms with E-state index in [-0.39, 0.29) is 44.0 Å². The number of carbonyl (C=O) groups is 3. The molecule has 1 aromatic rings. The number of hydrogen-bond donors (Lipinski definition) is 2. The lowest BCUT2D eigenvalue weighted by molar-refractivity contribution is -0.171. The molecule has 0 spiro atoms. The first-order chi connectivity index (χ1) is 17.2. The number of carbonyl (C=O) groups excluding carboxylic acids is 2. The first-order valence-electron chi connectivity index (χ1n) is 12.7. The Hall–Kier alpha value is -2.46. The second-order valence-corrected chi connectivity index (χ2v) is 13.0. The average Bonchev–Trinajstić information content (AvgIpc) is 3.18. The monoisotopic (exact) mass is 540 g/mol. The van der Waals surface area contributed by atoms with Crippen molar-refractivity contribution in [3.63, 3.8) is 0 Å². The summed E-state index contributed by atoms with van der Waals surface area (Å²) in [6, 6.07) is 5.23. The van der Waals surface area contributed by atoms with Gasteiger partial charge in [0.05, 0.1) is 36.7 Å². The predicted molar refractivity (Wildman–Crippen MR) is 138 cm³/mol. The molecule has 1 aliphatic rings. The Kier molecular flexibility index (Phi) is 9.93. The molecule has 0 radical (unpaired) electrons. The highest BCUT2D eigenvalue weighted by molar-refractivity contribution is 7.91. The van der Waals surface area contributed by atoms with E-state index in [1.54, 1.807) is 39.0 Å². The van der Waals surface area contributed by atoms with Gasteiger partial charge >= 0.3 is 17.9 Å². The SMILES string of the molecule is CCOC(=O)C1(C(=O)OCC)Cc2ccc(C(C)(CCCC(C)(C)CS(=O)(=O)CCO)C(=O)O)cc2C1. The van der Waals surface area contributed by atoms with E-state index in [1.165, 1.54) is 0 Å². The molecule has 0 saturated carbocycles. The number of sulfone groups is 1. The van der Waals surface area contributed by atoms with E-state index in [2.05, 4.69) is 0 Å². The Morgan fingerprint density at radius 1 is 0.973 bits per heavy atom. The Bertz CT molecular complexity index is 1090. The third-order valence-electron chi connectivity index (χ3n) is 7.18. The third kappa shape index (κ3) is 7.10. The molecule has 37 heavy (non-hydrogen) atoms. The van der Waals surface area contributed by atoms with Crippen LogP contribution in [0.2, 0.25) is 0 Å². The number of aliphatic carboxylic acids is 1. The van der Waals surface area contributed by atoms with Gasteiger partial charge in [-0.1, -0.05) is 38.5 Å². The number of rotatable bonds is 14. The van der Waals surface area contributed by atoms with Crippen LogP contribution in [0.3, 0.4) is 0 Å². The van der Waals surface area contributed by atoms with Crippen molar-refractivity contribution >= 4 is 27.7 Å². The van der Waals surface area contributed by atoms with Crippen LogP contribution in [0.5, 0.6) is 0 Å². The molecule has 1 unspecified atom stereocenters. The first-order valence-corrected chi connectivity index (χ1v) is 14.5. The van der Waals surface area contributed by atoms with Gasteiger partial charge in [0.25, 0.3) is 0 Å². The van der Waals surface area contributed by atoms with E-state index in [0.29, 0.717) is 24.0 Å². The normalized spacial score (nSPS) is 16.5. The van der Waals surface area contributed by atoms with E-state index >= 15 is 0 Å². The minimum absolute atomic E-state index is 0.0687. The zero-order valence-electron chi connectivity index (χ0n) is 22.5. The lowest BCUT2D eigenvalue weighted by Crippen LogP contribution is -2.43. The second-order valence-electron chi connectivity index (χ2n) is 10.8. The number of aliphatic hydroxyl groups excluding tert-OH is 1. The number of hydrogen-bond acceptors (Lipinski definition) is 8. The number of fused-ring (bicyclic) bond motifs is 1. The number of esters is 2. The summed E-state index contributed by atoms with van der Waals surface area (Å²) in [7, 11) is -3.41. The molecule has 0 heterocycles. The number of carboxylic acids is 1. The van der Waals surface area contributed by atoms with Gasteiger partial charge in [-0.15, -0.1) is 0 Å². The highest BCUT2D eigenvalue weighted by Crippen LogP contribution is 2.42. The van der Waals surface area contributed by atoms with Gasteiger partial charge in [-0.05, 0) is 68.6 Å². The zero-order chi connectivity index (χ0) is 28.1. The van der Waals surface area contributed by atoms with Gasteiger partial charge in [-0.3, -0.25) is 14.4 Å². The molecule has 10 heteroatoms. The van der Waals surface area contributed by atoms with Crippen molar-refractivity contribution < 1.29 is 42.5 Å². The summed E-state index contributed by atoms with van der Waals surface area (Å²) in [5.74, 6) is -2.70. The Morgan fingerprint density at radius 3 is 2.05 bits per heavy atom. The molecule has 0 aromatic heterocycles. The van der Waals surface area contributed by atoms with Crippen molar-refractivity contribution in [1.29, 1.82) is 0 Å². The van der Waals surface area contributed by atoms with Crippen LogP contribution in [-0.2, 0) is 52.0 Å². The zero-order valence-corrected chi connectivity index (χ0v) is 23.3. The van der Waals surface area contributed by atoms with Crippen molar-refractivity contribution in [3.05, 3.63) is 34.9 Å². The predicted octanol–water partition coefficient (Wildman–Crippen LogP) is 2.84. The molecule has 1 aromatic carbocycles. The van der Waals surface area contributed by atoms with Gasteiger partial charge in [-0.25, -0.2) is 8.42 Å². The van der Waals surface area contributed by atoms with Crippen LogP contribution in [0.25, 0.3) is 0 Å². The van der Waals surface area contributed by atoms with Crippen LogP contribution in [0, 0.1) is 10.8 Å². The van der Waals surface area contributed by atoms with Crippen LogP contribution in [0.1, 0.15) is 70.6 Å². The lowest BCUT2D eigenvalue weighted by atomic mass is 9.75. The molecule has 1 atom stereocenters. The summed E-state index contributed by atoms with van der Waals surface area (Å²) >= 11 is 0. The Labute approximate surface area is 219 Å². The van der Waals surface area contributed by atoms with E-state index < -0.39 is 50.6 Å². The maximum Gasteiger partial charge on any atom is 0.324 e. The van der Waals surface area contributed by atoms with Crippen LogP contribution in [0.4, 0.5) is 0 Å². The van der Waals surface area contributed by atoms with E-state index in [4.69, 9.17) is 14.6 Å². The Balaban J connectivity index is 2.27. The standard InChI is InChI=1S/C27H40O9S/c1-6-35-23(31)27(24(32)36-7-2)16-19-9-10-21(15-20(19)17-27)26(5,22(29)30)12-8-11-25(3,4)18-37(33,34)14-13-28/h9-10,15,28H,6-8,11-14,16-18H2,1-5H3,(H,29,30). The summed E-state index contributed by atoms with van der Waals surface area (Å²) in [6.45, 7) is 8.41. The molecule has 208 valence electrons. The number of benzene rings is 1. The molecule has 0 bridgehead atoms. The smallest absolute Gasteiger partial charge is 0.324 e. The highest BCUT2D eigenvalue weighted by Gasteiger charge is 2.53. The topological polar surface area (TPSA) is 144 Å². The first kappa shape index (κ1) is 30.8. The summed E-state index contributed by atoms with van der Waals surface area (Å²) < 4.78 is 34.7. The Morgan fingerprint density at radius 2 is 1.54 bits per heavy atom. The minimum Gasteiger partial charge on any atom is -0.481 e. The molecule has 1 aliphatic carbocycles.